The molecule has 4 nitrogen and oxygen atoms in total. The van der Waals surface area contributed by atoms with E-state index >= 15 is 0 Å². The third-order valence-corrected chi connectivity index (χ3v) is 4.83. The average molecular weight is 289 g/mol. The topological polar surface area (TPSA) is 58.6 Å². The number of aliphatic hydroxyl groups is 1. The Hall–Kier alpha value is -1.55. The second-order valence-electron chi connectivity index (χ2n) is 6.27. The molecule has 2 N–H and O–H groups in total. The van der Waals surface area contributed by atoms with Crippen molar-refractivity contribution in [3.05, 3.63) is 29.3 Å². The predicted molar refractivity (Wildman–Crippen MR) is 80.7 cm³/mol. The average Bonchev–Trinajstić information content (AvgIpc) is 2.77. The summed E-state index contributed by atoms with van der Waals surface area (Å²) in [4.78, 5) is 12.5. The zero-order valence-electron chi connectivity index (χ0n) is 12.6. The van der Waals surface area contributed by atoms with Gasteiger partial charge in [0, 0.05) is 11.5 Å². The molecule has 0 radical (unpaired) electrons. The van der Waals surface area contributed by atoms with Crippen LogP contribution in [0.3, 0.4) is 0 Å². The van der Waals surface area contributed by atoms with E-state index in [4.69, 9.17) is 4.74 Å². The maximum absolute atomic E-state index is 12.5. The van der Waals surface area contributed by atoms with Crippen molar-refractivity contribution in [1.29, 1.82) is 0 Å². The largest absolute Gasteiger partial charge is 0.489 e. The molecular weight excluding hydrogens is 266 g/mol. The van der Waals surface area contributed by atoms with Crippen molar-refractivity contribution in [2.45, 2.75) is 63.7 Å². The highest BCUT2D eigenvalue weighted by molar-refractivity contribution is 5.97. The van der Waals surface area contributed by atoms with E-state index in [0.717, 1.165) is 31.2 Å². The number of rotatable bonds is 2. The summed E-state index contributed by atoms with van der Waals surface area (Å²) < 4.78 is 5.86. The third-order valence-electron chi connectivity index (χ3n) is 4.83. The lowest BCUT2D eigenvalue weighted by atomic mass is 9.92. The zero-order chi connectivity index (χ0) is 15.0. The van der Waals surface area contributed by atoms with Gasteiger partial charge in [0.15, 0.2) is 0 Å². The SMILES string of the molecule is CC1Oc2c(C(=O)NC3CCCCC3O)cccc2C1C. The first-order valence-corrected chi connectivity index (χ1v) is 7.86. The van der Waals surface area contributed by atoms with Crippen molar-refractivity contribution in [3.63, 3.8) is 0 Å². The van der Waals surface area contributed by atoms with E-state index in [1.807, 2.05) is 19.1 Å². The molecule has 0 saturated heterocycles. The Morgan fingerprint density at radius 2 is 2.05 bits per heavy atom. The van der Waals surface area contributed by atoms with Crippen molar-refractivity contribution in [2.24, 2.45) is 0 Å². The number of ether oxygens (including phenoxy) is 1. The van der Waals surface area contributed by atoms with Gasteiger partial charge in [-0.3, -0.25) is 4.79 Å². The Kier molecular flexibility index (Phi) is 3.89. The molecule has 2 aliphatic rings. The van der Waals surface area contributed by atoms with Crippen molar-refractivity contribution in [3.8, 4) is 5.75 Å². The molecule has 0 spiro atoms. The van der Waals surface area contributed by atoms with Crippen LogP contribution in [0.2, 0.25) is 0 Å². The number of fused-ring (bicyclic) bond motifs is 1. The maximum atomic E-state index is 12.5. The number of hydrogen-bond acceptors (Lipinski definition) is 3. The van der Waals surface area contributed by atoms with Gasteiger partial charge >= 0.3 is 0 Å². The summed E-state index contributed by atoms with van der Waals surface area (Å²) in [6.07, 6.45) is 3.36. The molecule has 1 aromatic carbocycles. The van der Waals surface area contributed by atoms with Crippen LogP contribution in [0.5, 0.6) is 5.75 Å². The van der Waals surface area contributed by atoms with Gasteiger partial charge < -0.3 is 15.2 Å². The van der Waals surface area contributed by atoms with Gasteiger partial charge in [-0.15, -0.1) is 0 Å². The van der Waals surface area contributed by atoms with Gasteiger partial charge in [0.1, 0.15) is 11.9 Å². The van der Waals surface area contributed by atoms with Crippen LogP contribution in [-0.4, -0.2) is 29.3 Å². The summed E-state index contributed by atoms with van der Waals surface area (Å²) in [6, 6.07) is 5.59. The van der Waals surface area contributed by atoms with Crippen molar-refractivity contribution in [2.75, 3.05) is 0 Å². The Bertz CT molecular complexity index is 543. The third kappa shape index (κ3) is 2.64. The summed E-state index contributed by atoms with van der Waals surface area (Å²) >= 11 is 0. The van der Waals surface area contributed by atoms with E-state index in [9.17, 15) is 9.90 Å². The van der Waals surface area contributed by atoms with Gasteiger partial charge in [-0.25, -0.2) is 0 Å². The number of benzene rings is 1. The van der Waals surface area contributed by atoms with Crippen LogP contribution in [0.4, 0.5) is 0 Å². The quantitative estimate of drug-likeness (QED) is 0.880. The number of para-hydroxylation sites is 1. The van der Waals surface area contributed by atoms with Crippen molar-refractivity contribution >= 4 is 5.91 Å². The van der Waals surface area contributed by atoms with Crippen molar-refractivity contribution < 1.29 is 14.6 Å². The lowest BCUT2D eigenvalue weighted by Crippen LogP contribution is -2.45. The van der Waals surface area contributed by atoms with E-state index in [0.29, 0.717) is 17.2 Å². The Balaban J connectivity index is 1.80. The minimum absolute atomic E-state index is 0.0919. The Labute approximate surface area is 125 Å². The first-order valence-electron chi connectivity index (χ1n) is 7.86. The van der Waals surface area contributed by atoms with Crippen LogP contribution >= 0.6 is 0 Å². The molecule has 1 amide bonds. The molecule has 1 aromatic rings. The first-order chi connectivity index (χ1) is 10.1. The number of hydrogen-bond donors (Lipinski definition) is 2. The molecule has 1 fully saturated rings. The number of carbonyl (C=O) groups is 1. The van der Waals surface area contributed by atoms with Gasteiger partial charge in [-0.2, -0.15) is 0 Å². The molecule has 1 saturated carbocycles. The molecule has 4 unspecified atom stereocenters. The van der Waals surface area contributed by atoms with E-state index < -0.39 is 6.10 Å². The summed E-state index contributed by atoms with van der Waals surface area (Å²) in [7, 11) is 0. The monoisotopic (exact) mass is 289 g/mol. The van der Waals surface area contributed by atoms with Gasteiger partial charge in [0.2, 0.25) is 0 Å². The minimum atomic E-state index is -0.432. The highest BCUT2D eigenvalue weighted by atomic mass is 16.5. The van der Waals surface area contributed by atoms with Gasteiger partial charge in [-0.1, -0.05) is 31.9 Å². The molecule has 0 bridgehead atoms. The van der Waals surface area contributed by atoms with E-state index in [-0.39, 0.29) is 18.1 Å². The van der Waals surface area contributed by atoms with Gasteiger partial charge in [0.25, 0.3) is 5.91 Å². The number of amides is 1. The van der Waals surface area contributed by atoms with Gasteiger partial charge in [-0.05, 0) is 25.8 Å². The number of carbonyl (C=O) groups excluding carboxylic acids is 1. The number of aliphatic hydroxyl groups excluding tert-OH is 1. The summed E-state index contributed by atoms with van der Waals surface area (Å²) in [6.45, 7) is 4.14. The fourth-order valence-corrected chi connectivity index (χ4v) is 3.29. The first kappa shape index (κ1) is 14.4. The van der Waals surface area contributed by atoms with Crippen molar-refractivity contribution in [1.82, 2.24) is 5.32 Å². The molecule has 1 heterocycles. The van der Waals surface area contributed by atoms with Crippen LogP contribution in [0.1, 0.15) is 61.4 Å². The fourth-order valence-electron chi connectivity index (χ4n) is 3.29. The molecular formula is C17H23NO3. The Morgan fingerprint density at radius 1 is 1.29 bits per heavy atom. The Morgan fingerprint density at radius 3 is 2.81 bits per heavy atom. The van der Waals surface area contributed by atoms with Crippen LogP contribution < -0.4 is 10.1 Å². The maximum Gasteiger partial charge on any atom is 0.255 e. The summed E-state index contributed by atoms with van der Waals surface area (Å²) in [5.74, 6) is 0.868. The molecule has 0 aromatic heterocycles. The zero-order valence-corrected chi connectivity index (χ0v) is 12.6. The predicted octanol–water partition coefficient (Wildman–Crippen LogP) is 2.60. The molecule has 21 heavy (non-hydrogen) atoms. The van der Waals surface area contributed by atoms with E-state index in [2.05, 4.69) is 12.2 Å². The number of nitrogens with one attached hydrogen (secondary N) is 1. The molecule has 1 aliphatic carbocycles. The summed E-state index contributed by atoms with van der Waals surface area (Å²) in [5.41, 5.74) is 1.68. The summed E-state index contributed by atoms with van der Waals surface area (Å²) in [5, 5.41) is 13.0. The lowest BCUT2D eigenvalue weighted by molar-refractivity contribution is 0.0714. The highest BCUT2D eigenvalue weighted by Gasteiger charge is 2.32. The van der Waals surface area contributed by atoms with Crippen LogP contribution in [0.15, 0.2) is 18.2 Å². The molecule has 3 rings (SSSR count). The van der Waals surface area contributed by atoms with Crippen LogP contribution in [0, 0.1) is 0 Å². The second-order valence-corrected chi connectivity index (χ2v) is 6.27. The highest BCUT2D eigenvalue weighted by Crippen LogP contribution is 2.40. The standard InChI is InChI=1S/C17H23NO3/c1-10-11(2)21-16-12(10)6-5-7-13(16)17(20)18-14-8-3-4-9-15(14)19/h5-7,10-11,14-15,19H,3-4,8-9H2,1-2H3,(H,18,20). The molecule has 4 atom stereocenters. The molecule has 4 heteroatoms. The normalized spacial score (nSPS) is 31.4. The van der Waals surface area contributed by atoms with E-state index in [1.165, 1.54) is 0 Å². The second kappa shape index (κ2) is 5.68. The van der Waals surface area contributed by atoms with Crippen LogP contribution in [0.25, 0.3) is 0 Å². The lowest BCUT2D eigenvalue weighted by Gasteiger charge is -2.28. The molecule has 1 aliphatic heterocycles. The smallest absolute Gasteiger partial charge is 0.255 e. The van der Waals surface area contributed by atoms with E-state index in [1.54, 1.807) is 6.07 Å². The minimum Gasteiger partial charge on any atom is -0.489 e. The van der Waals surface area contributed by atoms with Gasteiger partial charge in [0.05, 0.1) is 17.7 Å². The van der Waals surface area contributed by atoms with Crippen LogP contribution in [-0.2, 0) is 0 Å². The molecule has 114 valence electrons. The fraction of sp³-hybridized carbons (Fsp3) is 0.588.